The van der Waals surface area contributed by atoms with Crippen LogP contribution in [0.2, 0.25) is 0 Å². The molecule has 5 rings (SSSR count). The zero-order chi connectivity index (χ0) is 18.1. The van der Waals surface area contributed by atoms with Gasteiger partial charge in [0, 0.05) is 10.3 Å². The number of quaternary nitrogens is 1. The molecule has 0 heterocycles. The van der Waals surface area contributed by atoms with Crippen LogP contribution in [0.4, 0.5) is 0 Å². The molecule has 4 fully saturated rings. The van der Waals surface area contributed by atoms with Crippen molar-refractivity contribution in [2.45, 2.75) is 49.3 Å². The number of benzene rings is 1. The van der Waals surface area contributed by atoms with Crippen LogP contribution in [0.15, 0.2) is 30.3 Å². The van der Waals surface area contributed by atoms with Crippen molar-refractivity contribution in [1.82, 2.24) is 5.32 Å². The van der Waals surface area contributed by atoms with Crippen molar-refractivity contribution in [3.63, 3.8) is 0 Å². The first-order chi connectivity index (χ1) is 12.5. The summed E-state index contributed by atoms with van der Waals surface area (Å²) in [6.45, 7) is 0.715. The van der Waals surface area contributed by atoms with E-state index < -0.39 is 0 Å². The van der Waals surface area contributed by atoms with Gasteiger partial charge in [0.2, 0.25) is 5.91 Å². The molecule has 26 heavy (non-hydrogen) atoms. The number of rotatable bonds is 7. The predicted octanol–water partition coefficient (Wildman–Crippen LogP) is 2.69. The molecule has 1 aromatic carbocycles. The first-order valence-corrected chi connectivity index (χ1v) is 11.3. The average molecular weight is 374 g/mol. The summed E-state index contributed by atoms with van der Waals surface area (Å²) in [6.07, 6.45) is 8.51. The summed E-state index contributed by atoms with van der Waals surface area (Å²) in [5.74, 6) is 3.72. The van der Waals surface area contributed by atoms with Crippen LogP contribution in [0, 0.1) is 17.8 Å². The van der Waals surface area contributed by atoms with E-state index in [4.69, 9.17) is 0 Å². The van der Waals surface area contributed by atoms with Crippen molar-refractivity contribution < 1.29 is 9.69 Å². The molecule has 4 heteroatoms. The van der Waals surface area contributed by atoms with E-state index in [1.54, 1.807) is 0 Å². The highest BCUT2D eigenvalue weighted by molar-refractivity contribution is 8.01. The van der Waals surface area contributed by atoms with Gasteiger partial charge in [-0.3, -0.25) is 4.79 Å². The Morgan fingerprint density at radius 1 is 1.12 bits per heavy atom. The normalized spacial score (nSPS) is 33.4. The zero-order valence-corrected chi connectivity index (χ0v) is 17.0. The van der Waals surface area contributed by atoms with Gasteiger partial charge in [-0.05, 0) is 56.3 Å². The van der Waals surface area contributed by atoms with Gasteiger partial charge in [-0.1, -0.05) is 30.3 Å². The molecule has 1 amide bonds. The molecule has 0 spiro atoms. The third-order valence-electron chi connectivity index (χ3n) is 6.89. The summed E-state index contributed by atoms with van der Waals surface area (Å²) in [6, 6.07) is 10.8. The standard InChI is InChI=1S/C22H32N2OS/c1-24(2)20(19-6-4-3-5-7-19)14-23-21(25)15-26-22-11-16-8-17(12-22)10-18(9-16)13-22/h3-7,16-18,20H,8-15H2,1-2H3,(H,23,25)/p+1/t16?,17?,18?,20-,22?/m1/s1. The van der Waals surface area contributed by atoms with Crippen molar-refractivity contribution in [3.8, 4) is 0 Å². The Kier molecular flexibility index (Phi) is 5.34. The Labute approximate surface area is 162 Å². The molecular weight excluding hydrogens is 340 g/mol. The number of carbonyl (C=O) groups is 1. The Balaban J connectivity index is 1.29. The maximum absolute atomic E-state index is 12.6. The molecule has 0 aromatic heterocycles. The smallest absolute Gasteiger partial charge is 0.230 e. The molecule has 4 bridgehead atoms. The minimum atomic E-state index is 0.216. The lowest BCUT2D eigenvalue weighted by atomic mass is 9.56. The number of hydrogen-bond acceptors (Lipinski definition) is 2. The summed E-state index contributed by atoms with van der Waals surface area (Å²) < 4.78 is 0.428. The molecule has 4 aliphatic carbocycles. The molecule has 2 N–H and O–H groups in total. The number of hydrogen-bond donors (Lipinski definition) is 2. The fraction of sp³-hybridized carbons (Fsp3) is 0.682. The van der Waals surface area contributed by atoms with E-state index in [2.05, 4.69) is 43.7 Å². The largest absolute Gasteiger partial charge is 0.349 e. The van der Waals surface area contributed by atoms with Crippen molar-refractivity contribution in [2.24, 2.45) is 17.8 Å². The number of nitrogens with one attached hydrogen (secondary N) is 2. The predicted molar refractivity (Wildman–Crippen MR) is 108 cm³/mol. The third-order valence-corrected chi connectivity index (χ3v) is 8.41. The van der Waals surface area contributed by atoms with Crippen molar-refractivity contribution >= 4 is 17.7 Å². The van der Waals surface area contributed by atoms with E-state index in [1.165, 1.54) is 49.0 Å². The summed E-state index contributed by atoms with van der Waals surface area (Å²) in [5, 5.41) is 3.21. The summed E-state index contributed by atoms with van der Waals surface area (Å²) in [7, 11) is 4.32. The number of likely N-dealkylation sites (N-methyl/N-ethyl adjacent to an activating group) is 1. The van der Waals surface area contributed by atoms with Crippen molar-refractivity contribution in [1.29, 1.82) is 0 Å². The fourth-order valence-corrected chi connectivity index (χ4v) is 7.63. The molecule has 4 saturated carbocycles. The van der Waals surface area contributed by atoms with E-state index in [1.807, 2.05) is 17.8 Å². The Morgan fingerprint density at radius 2 is 1.69 bits per heavy atom. The van der Waals surface area contributed by atoms with Crippen LogP contribution in [0.25, 0.3) is 0 Å². The van der Waals surface area contributed by atoms with E-state index >= 15 is 0 Å². The molecular formula is C22H33N2OS+. The monoisotopic (exact) mass is 373 g/mol. The van der Waals surface area contributed by atoms with Gasteiger partial charge in [0.05, 0.1) is 26.4 Å². The lowest BCUT2D eigenvalue weighted by Gasteiger charge is -2.56. The van der Waals surface area contributed by atoms with Crippen molar-refractivity contribution in [2.75, 3.05) is 26.4 Å². The highest BCUT2D eigenvalue weighted by Crippen LogP contribution is 2.60. The second-order valence-electron chi connectivity index (χ2n) is 9.23. The first-order valence-electron chi connectivity index (χ1n) is 10.3. The Hall–Kier alpha value is -1.00. The van der Waals surface area contributed by atoms with Gasteiger partial charge in [0.25, 0.3) is 0 Å². The van der Waals surface area contributed by atoms with Crippen LogP contribution >= 0.6 is 11.8 Å². The molecule has 1 aromatic rings. The van der Waals surface area contributed by atoms with Crippen LogP contribution in [0.5, 0.6) is 0 Å². The lowest BCUT2D eigenvalue weighted by Crippen LogP contribution is -3.07. The van der Waals surface area contributed by atoms with Crippen LogP contribution < -0.4 is 10.2 Å². The molecule has 4 aliphatic rings. The average Bonchev–Trinajstić information content (AvgIpc) is 2.60. The molecule has 0 unspecified atom stereocenters. The Bertz CT molecular complexity index is 595. The molecule has 0 aliphatic heterocycles. The lowest BCUT2D eigenvalue weighted by molar-refractivity contribution is -0.890. The number of amides is 1. The van der Waals surface area contributed by atoms with Crippen LogP contribution in [0.1, 0.15) is 50.1 Å². The van der Waals surface area contributed by atoms with Gasteiger partial charge >= 0.3 is 0 Å². The maximum Gasteiger partial charge on any atom is 0.230 e. The van der Waals surface area contributed by atoms with Gasteiger partial charge in [-0.2, -0.15) is 0 Å². The van der Waals surface area contributed by atoms with E-state index in [9.17, 15) is 4.79 Å². The third kappa shape index (κ3) is 3.96. The van der Waals surface area contributed by atoms with E-state index in [0.29, 0.717) is 23.1 Å². The van der Waals surface area contributed by atoms with Gasteiger partial charge in [0.1, 0.15) is 6.04 Å². The zero-order valence-electron chi connectivity index (χ0n) is 16.2. The molecule has 142 valence electrons. The van der Waals surface area contributed by atoms with Gasteiger partial charge < -0.3 is 10.2 Å². The number of thioether (sulfide) groups is 1. The van der Waals surface area contributed by atoms with Crippen molar-refractivity contribution in [3.05, 3.63) is 35.9 Å². The Morgan fingerprint density at radius 3 is 2.23 bits per heavy atom. The summed E-state index contributed by atoms with van der Waals surface area (Å²) >= 11 is 1.98. The number of carbonyl (C=O) groups excluding carboxylic acids is 1. The highest BCUT2D eigenvalue weighted by Gasteiger charge is 2.51. The SMILES string of the molecule is C[NH+](C)[C@H](CNC(=O)CSC12CC3CC(CC(C3)C1)C2)c1ccccc1. The molecule has 3 nitrogen and oxygen atoms in total. The summed E-state index contributed by atoms with van der Waals surface area (Å²) in [5.41, 5.74) is 1.29. The van der Waals surface area contributed by atoms with Crippen LogP contribution in [0.3, 0.4) is 0 Å². The quantitative estimate of drug-likeness (QED) is 0.770. The highest BCUT2D eigenvalue weighted by atomic mass is 32.2. The summed E-state index contributed by atoms with van der Waals surface area (Å²) in [4.78, 5) is 13.9. The minimum Gasteiger partial charge on any atom is -0.349 e. The topological polar surface area (TPSA) is 33.5 Å². The van der Waals surface area contributed by atoms with Gasteiger partial charge in [-0.25, -0.2) is 0 Å². The first kappa shape index (κ1) is 18.4. The second-order valence-corrected chi connectivity index (χ2v) is 10.7. The van der Waals surface area contributed by atoms with E-state index in [-0.39, 0.29) is 5.91 Å². The minimum absolute atomic E-state index is 0.216. The maximum atomic E-state index is 12.6. The van der Waals surface area contributed by atoms with Crippen LogP contribution in [-0.2, 0) is 4.79 Å². The van der Waals surface area contributed by atoms with Gasteiger partial charge in [0.15, 0.2) is 0 Å². The van der Waals surface area contributed by atoms with Gasteiger partial charge in [-0.15, -0.1) is 11.8 Å². The molecule has 0 saturated heterocycles. The molecule has 0 radical (unpaired) electrons. The second kappa shape index (κ2) is 7.55. The van der Waals surface area contributed by atoms with Crippen LogP contribution in [-0.4, -0.2) is 37.0 Å². The fourth-order valence-electron chi connectivity index (χ4n) is 6.03. The molecule has 1 atom stereocenters. The van der Waals surface area contributed by atoms with E-state index in [0.717, 1.165) is 17.8 Å².